The topological polar surface area (TPSA) is 37.8 Å². The normalized spacial score (nSPS) is 19.8. The molecule has 1 aromatic heterocycles. The van der Waals surface area contributed by atoms with Crippen molar-refractivity contribution in [3.05, 3.63) is 5.82 Å². The van der Waals surface area contributed by atoms with Crippen molar-refractivity contribution in [3.8, 4) is 0 Å². The molecule has 0 aromatic carbocycles. The predicted octanol–water partition coefficient (Wildman–Crippen LogP) is 4.19. The van der Waals surface area contributed by atoms with E-state index in [4.69, 9.17) is 11.6 Å². The van der Waals surface area contributed by atoms with Crippen LogP contribution in [0.1, 0.15) is 58.7 Å². The third-order valence-electron chi connectivity index (χ3n) is 3.54. The molecule has 0 unspecified atom stereocenters. The third-order valence-corrected chi connectivity index (χ3v) is 4.68. The number of aromatic nitrogens is 2. The number of alkyl halides is 1. The van der Waals surface area contributed by atoms with Gasteiger partial charge in [-0.2, -0.15) is 4.37 Å². The smallest absolute Gasteiger partial charge is 0.203 e. The molecule has 18 heavy (non-hydrogen) atoms. The average Bonchev–Trinajstić information content (AvgIpc) is 2.78. The highest BCUT2D eigenvalue weighted by Crippen LogP contribution is 2.34. The maximum Gasteiger partial charge on any atom is 0.203 e. The SMILES string of the molecule is CC(C)(C)c1nsc(NC2(CCl)CCCCC2)n1. The molecule has 1 N–H and O–H groups in total. The number of nitrogens with one attached hydrogen (secondary N) is 1. The molecule has 3 nitrogen and oxygen atoms in total. The highest BCUT2D eigenvalue weighted by molar-refractivity contribution is 7.09. The second-order valence-corrected chi connectivity index (χ2v) is 7.29. The van der Waals surface area contributed by atoms with Crippen LogP contribution >= 0.6 is 23.1 Å². The predicted molar refractivity (Wildman–Crippen MR) is 78.8 cm³/mol. The summed E-state index contributed by atoms with van der Waals surface area (Å²) in [5, 5.41) is 4.47. The number of halogens is 1. The Hall–Kier alpha value is -0.350. The summed E-state index contributed by atoms with van der Waals surface area (Å²) in [6, 6.07) is 0. The van der Waals surface area contributed by atoms with Crippen molar-refractivity contribution in [2.75, 3.05) is 11.2 Å². The van der Waals surface area contributed by atoms with Gasteiger partial charge in [0.2, 0.25) is 5.13 Å². The zero-order chi connectivity index (χ0) is 13.2. The van der Waals surface area contributed by atoms with Gasteiger partial charge in [0.15, 0.2) is 0 Å². The Bertz CT molecular complexity index is 391. The van der Waals surface area contributed by atoms with Gasteiger partial charge in [-0.3, -0.25) is 0 Å². The Balaban J connectivity index is 2.10. The van der Waals surface area contributed by atoms with Gasteiger partial charge < -0.3 is 5.32 Å². The molecule has 102 valence electrons. The average molecular weight is 288 g/mol. The Labute approximate surface area is 119 Å². The highest BCUT2D eigenvalue weighted by atomic mass is 35.5. The number of hydrogen-bond acceptors (Lipinski definition) is 4. The maximum atomic E-state index is 6.18. The molecule has 0 bridgehead atoms. The number of nitrogens with zero attached hydrogens (tertiary/aromatic N) is 2. The van der Waals surface area contributed by atoms with Gasteiger partial charge in [-0.15, -0.1) is 11.6 Å². The van der Waals surface area contributed by atoms with Gasteiger partial charge in [0.1, 0.15) is 5.82 Å². The van der Waals surface area contributed by atoms with E-state index in [1.807, 2.05) is 0 Å². The lowest BCUT2D eigenvalue weighted by Crippen LogP contribution is -2.42. The zero-order valence-electron chi connectivity index (χ0n) is 11.4. The fourth-order valence-corrected chi connectivity index (χ4v) is 3.54. The summed E-state index contributed by atoms with van der Waals surface area (Å²) in [5.41, 5.74) is 0.0472. The van der Waals surface area contributed by atoms with Gasteiger partial charge in [-0.1, -0.05) is 40.0 Å². The summed E-state index contributed by atoms with van der Waals surface area (Å²) in [6.07, 6.45) is 6.11. The van der Waals surface area contributed by atoms with Crippen LogP contribution in [0, 0.1) is 0 Å². The van der Waals surface area contributed by atoms with Crippen LogP contribution in [-0.4, -0.2) is 20.8 Å². The van der Waals surface area contributed by atoms with Crippen LogP contribution in [0.25, 0.3) is 0 Å². The van der Waals surface area contributed by atoms with Crippen molar-refractivity contribution in [2.45, 2.75) is 63.8 Å². The van der Waals surface area contributed by atoms with Gasteiger partial charge in [-0.25, -0.2) is 4.98 Å². The van der Waals surface area contributed by atoms with Gasteiger partial charge >= 0.3 is 0 Å². The standard InChI is InChI=1S/C13H22ClN3S/c1-12(2,3)10-15-11(18-17-10)16-13(9-14)7-5-4-6-8-13/h4-9H2,1-3H3,(H,15,16,17). The molecule has 0 atom stereocenters. The van der Waals surface area contributed by atoms with Crippen molar-refractivity contribution < 1.29 is 0 Å². The monoisotopic (exact) mass is 287 g/mol. The van der Waals surface area contributed by atoms with E-state index in [0.29, 0.717) is 5.88 Å². The second-order valence-electron chi connectivity index (χ2n) is 6.27. The molecule has 1 aromatic rings. The van der Waals surface area contributed by atoms with Crippen LogP contribution in [0.2, 0.25) is 0 Å². The van der Waals surface area contributed by atoms with E-state index < -0.39 is 0 Å². The highest BCUT2D eigenvalue weighted by Gasteiger charge is 2.32. The van der Waals surface area contributed by atoms with Crippen LogP contribution in [0.4, 0.5) is 5.13 Å². The lowest BCUT2D eigenvalue weighted by atomic mass is 9.83. The largest absolute Gasteiger partial charge is 0.354 e. The molecule has 0 aliphatic heterocycles. The first-order valence-corrected chi connectivity index (χ1v) is 7.94. The van der Waals surface area contributed by atoms with Crippen LogP contribution < -0.4 is 5.32 Å². The summed E-state index contributed by atoms with van der Waals surface area (Å²) in [7, 11) is 0. The van der Waals surface area contributed by atoms with Crippen LogP contribution in [-0.2, 0) is 5.41 Å². The molecular weight excluding hydrogens is 266 g/mol. The first-order valence-electron chi connectivity index (χ1n) is 6.64. The van der Waals surface area contributed by atoms with Crippen molar-refractivity contribution in [1.29, 1.82) is 0 Å². The van der Waals surface area contributed by atoms with Gasteiger partial charge in [-0.05, 0) is 12.8 Å². The van der Waals surface area contributed by atoms with Crippen molar-refractivity contribution in [1.82, 2.24) is 9.36 Å². The van der Waals surface area contributed by atoms with E-state index in [0.717, 1.165) is 23.8 Å². The molecular formula is C13H22ClN3S. The molecule has 1 aliphatic rings. The second kappa shape index (κ2) is 5.33. The third kappa shape index (κ3) is 3.15. The Kier molecular flexibility index (Phi) is 4.17. The summed E-state index contributed by atoms with van der Waals surface area (Å²) in [4.78, 5) is 4.61. The van der Waals surface area contributed by atoms with Gasteiger partial charge in [0.05, 0.1) is 5.54 Å². The molecule has 2 rings (SSSR count). The molecule has 0 amide bonds. The first-order chi connectivity index (χ1) is 8.45. The molecule has 0 spiro atoms. The van der Waals surface area contributed by atoms with Gasteiger partial charge in [0.25, 0.3) is 0 Å². The van der Waals surface area contributed by atoms with E-state index in [1.54, 1.807) is 0 Å². The molecule has 1 fully saturated rings. The minimum absolute atomic E-state index is 0.0110. The van der Waals surface area contributed by atoms with E-state index in [1.165, 1.54) is 30.8 Å². The Morgan fingerprint density at radius 2 is 1.94 bits per heavy atom. The maximum absolute atomic E-state index is 6.18. The molecule has 0 saturated heterocycles. The van der Waals surface area contributed by atoms with Crippen molar-refractivity contribution >= 4 is 28.3 Å². The quantitative estimate of drug-likeness (QED) is 0.847. The lowest BCUT2D eigenvalue weighted by molar-refractivity contribution is 0.353. The molecule has 5 heteroatoms. The summed E-state index contributed by atoms with van der Waals surface area (Å²) >= 11 is 7.63. The number of rotatable bonds is 3. The molecule has 1 heterocycles. The minimum atomic E-state index is 0.0110. The molecule has 1 aliphatic carbocycles. The molecule has 0 radical (unpaired) electrons. The minimum Gasteiger partial charge on any atom is -0.354 e. The fraction of sp³-hybridized carbons (Fsp3) is 0.846. The number of hydrogen-bond donors (Lipinski definition) is 1. The molecule has 1 saturated carbocycles. The van der Waals surface area contributed by atoms with Crippen LogP contribution in [0.5, 0.6) is 0 Å². The van der Waals surface area contributed by atoms with Gasteiger partial charge in [0, 0.05) is 22.8 Å². The van der Waals surface area contributed by atoms with E-state index in [-0.39, 0.29) is 11.0 Å². The Morgan fingerprint density at radius 1 is 1.28 bits per heavy atom. The van der Waals surface area contributed by atoms with E-state index in [9.17, 15) is 0 Å². The van der Waals surface area contributed by atoms with Crippen molar-refractivity contribution in [2.24, 2.45) is 0 Å². The first kappa shape index (κ1) is 14.1. The summed E-state index contributed by atoms with van der Waals surface area (Å²) in [5.74, 6) is 1.56. The lowest BCUT2D eigenvalue weighted by Gasteiger charge is -2.36. The van der Waals surface area contributed by atoms with Crippen LogP contribution in [0.3, 0.4) is 0 Å². The fourth-order valence-electron chi connectivity index (χ4n) is 2.33. The summed E-state index contributed by atoms with van der Waals surface area (Å²) in [6.45, 7) is 6.41. The van der Waals surface area contributed by atoms with E-state index in [2.05, 4.69) is 35.4 Å². The Morgan fingerprint density at radius 3 is 2.44 bits per heavy atom. The van der Waals surface area contributed by atoms with Crippen LogP contribution in [0.15, 0.2) is 0 Å². The number of anilines is 1. The zero-order valence-corrected chi connectivity index (χ0v) is 13.0. The van der Waals surface area contributed by atoms with Crippen molar-refractivity contribution in [3.63, 3.8) is 0 Å². The summed E-state index contributed by atoms with van der Waals surface area (Å²) < 4.78 is 4.44. The van der Waals surface area contributed by atoms with E-state index >= 15 is 0 Å².